The van der Waals surface area contributed by atoms with Crippen LogP contribution in [0.25, 0.3) is 0 Å². The van der Waals surface area contributed by atoms with Gasteiger partial charge in [-0.3, -0.25) is 0 Å². The van der Waals surface area contributed by atoms with E-state index >= 15 is 0 Å². The Balaban J connectivity index is 2.33. The summed E-state index contributed by atoms with van der Waals surface area (Å²) in [5.74, 6) is 0.335. The average molecular weight is 252 g/mol. The fourth-order valence-corrected chi connectivity index (χ4v) is 1.42. The van der Waals surface area contributed by atoms with Crippen molar-refractivity contribution in [3.05, 3.63) is 24.3 Å². The van der Waals surface area contributed by atoms with Crippen molar-refractivity contribution in [1.29, 1.82) is 0 Å². The number of unbranched alkanes of at least 4 members (excludes halogenated alkanes) is 2. The number of carbonyl (C=O) groups is 1. The number of phenolic OH excluding ortho intramolecular Hbond substituents is 1. The Morgan fingerprint density at radius 1 is 1.28 bits per heavy atom. The van der Waals surface area contributed by atoms with E-state index in [0.29, 0.717) is 12.4 Å². The zero-order valence-corrected chi connectivity index (χ0v) is 10.9. The lowest BCUT2D eigenvalue weighted by Crippen LogP contribution is -2.26. The van der Waals surface area contributed by atoms with Gasteiger partial charge in [-0.2, -0.15) is 0 Å². The second kappa shape index (κ2) is 7.58. The van der Waals surface area contributed by atoms with Crippen molar-refractivity contribution in [1.82, 2.24) is 0 Å². The summed E-state index contributed by atoms with van der Waals surface area (Å²) in [5.41, 5.74) is 0. The molecular formula is C14H20O4. The third-order valence-corrected chi connectivity index (χ3v) is 2.47. The van der Waals surface area contributed by atoms with Gasteiger partial charge in [-0.25, -0.2) is 4.79 Å². The summed E-state index contributed by atoms with van der Waals surface area (Å²) in [4.78, 5) is 11.6. The lowest BCUT2D eigenvalue weighted by Gasteiger charge is -2.13. The summed E-state index contributed by atoms with van der Waals surface area (Å²) in [5, 5.41) is 9.12. The SMILES string of the molecule is CCCCCOC(=O)C(C)Oc1ccc(O)cc1. The van der Waals surface area contributed by atoms with Crippen LogP contribution in [0.1, 0.15) is 33.1 Å². The van der Waals surface area contributed by atoms with Gasteiger partial charge in [-0.1, -0.05) is 19.8 Å². The molecule has 0 radical (unpaired) electrons. The number of esters is 1. The molecule has 0 spiro atoms. The molecule has 0 fully saturated rings. The number of aromatic hydroxyl groups is 1. The number of rotatable bonds is 7. The molecule has 4 heteroatoms. The van der Waals surface area contributed by atoms with E-state index in [4.69, 9.17) is 14.6 Å². The zero-order valence-electron chi connectivity index (χ0n) is 10.9. The Labute approximate surface area is 108 Å². The molecule has 0 bridgehead atoms. The van der Waals surface area contributed by atoms with Crippen LogP contribution in [0.2, 0.25) is 0 Å². The molecule has 1 aromatic carbocycles. The van der Waals surface area contributed by atoms with Crippen LogP contribution in [-0.4, -0.2) is 23.8 Å². The van der Waals surface area contributed by atoms with E-state index in [2.05, 4.69) is 6.92 Å². The van der Waals surface area contributed by atoms with Gasteiger partial charge in [0.2, 0.25) is 0 Å². The van der Waals surface area contributed by atoms with Crippen LogP contribution < -0.4 is 4.74 Å². The molecule has 0 heterocycles. The highest BCUT2D eigenvalue weighted by atomic mass is 16.6. The smallest absolute Gasteiger partial charge is 0.347 e. The minimum Gasteiger partial charge on any atom is -0.508 e. The van der Waals surface area contributed by atoms with Crippen LogP contribution in [0.3, 0.4) is 0 Å². The third kappa shape index (κ3) is 5.08. The topological polar surface area (TPSA) is 55.8 Å². The molecule has 0 saturated heterocycles. The van der Waals surface area contributed by atoms with Gasteiger partial charge in [0.15, 0.2) is 6.10 Å². The molecule has 1 unspecified atom stereocenters. The summed E-state index contributed by atoms with van der Waals surface area (Å²) >= 11 is 0. The first-order valence-corrected chi connectivity index (χ1v) is 6.25. The van der Waals surface area contributed by atoms with E-state index in [1.807, 2.05) is 0 Å². The number of benzene rings is 1. The second-order valence-electron chi connectivity index (χ2n) is 4.13. The van der Waals surface area contributed by atoms with Gasteiger partial charge >= 0.3 is 5.97 Å². The maximum atomic E-state index is 11.6. The van der Waals surface area contributed by atoms with E-state index in [0.717, 1.165) is 19.3 Å². The van der Waals surface area contributed by atoms with Crippen LogP contribution in [0.5, 0.6) is 11.5 Å². The number of hydrogen-bond donors (Lipinski definition) is 1. The Kier molecular flexibility index (Phi) is 6.05. The second-order valence-corrected chi connectivity index (χ2v) is 4.13. The van der Waals surface area contributed by atoms with Crippen LogP contribution in [-0.2, 0) is 9.53 Å². The molecule has 0 aliphatic heterocycles. The predicted molar refractivity (Wildman–Crippen MR) is 68.7 cm³/mol. The first-order chi connectivity index (χ1) is 8.63. The maximum absolute atomic E-state index is 11.6. The van der Waals surface area contributed by atoms with E-state index < -0.39 is 6.10 Å². The Morgan fingerprint density at radius 2 is 1.94 bits per heavy atom. The number of carbonyl (C=O) groups excluding carboxylic acids is 1. The van der Waals surface area contributed by atoms with Gasteiger partial charge in [-0.15, -0.1) is 0 Å². The van der Waals surface area contributed by atoms with Crippen molar-refractivity contribution in [3.63, 3.8) is 0 Å². The number of hydrogen-bond acceptors (Lipinski definition) is 4. The Morgan fingerprint density at radius 3 is 2.56 bits per heavy atom. The summed E-state index contributed by atoms with van der Waals surface area (Å²) in [6.07, 6.45) is 2.39. The molecule has 100 valence electrons. The van der Waals surface area contributed by atoms with Crippen molar-refractivity contribution >= 4 is 5.97 Å². The van der Waals surface area contributed by atoms with Gasteiger partial charge in [0.25, 0.3) is 0 Å². The fourth-order valence-electron chi connectivity index (χ4n) is 1.42. The van der Waals surface area contributed by atoms with E-state index in [1.54, 1.807) is 19.1 Å². The highest BCUT2D eigenvalue weighted by Gasteiger charge is 2.15. The first-order valence-electron chi connectivity index (χ1n) is 6.25. The summed E-state index contributed by atoms with van der Waals surface area (Å²) < 4.78 is 10.5. The predicted octanol–water partition coefficient (Wildman–Crippen LogP) is 2.89. The largest absolute Gasteiger partial charge is 0.508 e. The van der Waals surface area contributed by atoms with E-state index in [1.165, 1.54) is 12.1 Å². The van der Waals surface area contributed by atoms with Gasteiger partial charge in [0, 0.05) is 0 Å². The van der Waals surface area contributed by atoms with Crippen molar-refractivity contribution in [2.45, 2.75) is 39.2 Å². The van der Waals surface area contributed by atoms with Crippen molar-refractivity contribution in [2.75, 3.05) is 6.61 Å². The summed E-state index contributed by atoms with van der Waals surface area (Å²) in [6, 6.07) is 6.23. The van der Waals surface area contributed by atoms with Gasteiger partial charge in [-0.05, 0) is 37.6 Å². The third-order valence-electron chi connectivity index (χ3n) is 2.47. The minimum atomic E-state index is -0.642. The average Bonchev–Trinajstić information content (AvgIpc) is 2.37. The maximum Gasteiger partial charge on any atom is 0.347 e. The molecule has 0 saturated carbocycles. The van der Waals surface area contributed by atoms with Gasteiger partial charge < -0.3 is 14.6 Å². The quantitative estimate of drug-likeness (QED) is 0.599. The normalized spacial score (nSPS) is 11.9. The van der Waals surface area contributed by atoms with Crippen LogP contribution in [0.4, 0.5) is 0 Å². The van der Waals surface area contributed by atoms with Crippen molar-refractivity contribution in [3.8, 4) is 11.5 Å². The van der Waals surface area contributed by atoms with Gasteiger partial charge in [0.05, 0.1) is 6.61 Å². The molecule has 1 atom stereocenters. The minimum absolute atomic E-state index is 0.164. The van der Waals surface area contributed by atoms with Crippen molar-refractivity contribution in [2.24, 2.45) is 0 Å². The van der Waals surface area contributed by atoms with E-state index in [9.17, 15) is 4.79 Å². The molecule has 1 rings (SSSR count). The van der Waals surface area contributed by atoms with E-state index in [-0.39, 0.29) is 11.7 Å². The molecular weight excluding hydrogens is 232 g/mol. The summed E-state index contributed by atoms with van der Waals surface area (Å²) in [7, 11) is 0. The lowest BCUT2D eigenvalue weighted by molar-refractivity contribution is -0.151. The number of phenols is 1. The van der Waals surface area contributed by atoms with Crippen LogP contribution in [0, 0.1) is 0 Å². The fraction of sp³-hybridized carbons (Fsp3) is 0.500. The molecule has 4 nitrogen and oxygen atoms in total. The monoisotopic (exact) mass is 252 g/mol. The summed E-state index contributed by atoms with van der Waals surface area (Å²) in [6.45, 7) is 4.18. The molecule has 0 amide bonds. The van der Waals surface area contributed by atoms with Crippen LogP contribution in [0.15, 0.2) is 24.3 Å². The molecule has 18 heavy (non-hydrogen) atoms. The first kappa shape index (κ1) is 14.4. The molecule has 1 N–H and O–H groups in total. The molecule has 0 aliphatic carbocycles. The Hall–Kier alpha value is -1.71. The Bertz CT molecular complexity index is 359. The molecule has 0 aromatic heterocycles. The van der Waals surface area contributed by atoms with Gasteiger partial charge in [0.1, 0.15) is 11.5 Å². The molecule has 0 aliphatic rings. The van der Waals surface area contributed by atoms with Crippen molar-refractivity contribution < 1.29 is 19.4 Å². The lowest BCUT2D eigenvalue weighted by atomic mass is 10.3. The highest BCUT2D eigenvalue weighted by molar-refractivity contribution is 5.74. The standard InChI is InChI=1S/C14H20O4/c1-3-4-5-10-17-14(16)11(2)18-13-8-6-12(15)7-9-13/h6-9,11,15H,3-5,10H2,1-2H3. The molecule has 1 aromatic rings. The zero-order chi connectivity index (χ0) is 13.4. The number of ether oxygens (including phenoxy) is 2. The van der Waals surface area contributed by atoms with Crippen LogP contribution >= 0.6 is 0 Å². The highest BCUT2D eigenvalue weighted by Crippen LogP contribution is 2.17.